The summed E-state index contributed by atoms with van der Waals surface area (Å²) in [5.41, 5.74) is 7.86. The monoisotopic (exact) mass is 669 g/mol. The molecule has 45 heavy (non-hydrogen) atoms. The molecular weight excluding hydrogens is 605 g/mol. The van der Waals surface area contributed by atoms with Gasteiger partial charge in [-0.05, 0) is 43.6 Å². The van der Waals surface area contributed by atoms with Crippen molar-refractivity contribution in [2.45, 2.75) is 106 Å². The van der Waals surface area contributed by atoms with Crippen LogP contribution in [0.5, 0.6) is 5.75 Å². The fourth-order valence-corrected chi connectivity index (χ4v) is 6.28. The zero-order chi connectivity index (χ0) is 32.7. The number of esters is 1. The third-order valence-corrected chi connectivity index (χ3v) is 9.41. The van der Waals surface area contributed by atoms with E-state index >= 15 is 0 Å². The van der Waals surface area contributed by atoms with Crippen LogP contribution in [0, 0.1) is 23.2 Å². The Kier molecular flexibility index (Phi) is 19.8. The van der Waals surface area contributed by atoms with Gasteiger partial charge in [-0.1, -0.05) is 110 Å². The molecule has 2 N–H and O–H groups in total. The second-order valence-electron chi connectivity index (χ2n) is 14.8. The first-order valence-electron chi connectivity index (χ1n) is 17.2. The predicted molar refractivity (Wildman–Crippen MR) is 195 cm³/mol. The maximum Gasteiger partial charge on any atom is 0.341 e. The number of nitrogen functional groups attached to an aromatic ring is 1. The molecule has 1 aliphatic rings. The Bertz CT molecular complexity index is 1020. The number of benzene rings is 1. The molecule has 1 aromatic carbocycles. The summed E-state index contributed by atoms with van der Waals surface area (Å²) < 4.78 is 11.0. The molecule has 2 atom stereocenters. The Hall–Kier alpha value is -1.47. The van der Waals surface area contributed by atoms with Crippen LogP contribution in [0.25, 0.3) is 0 Å². The average Bonchev–Trinajstić information content (AvgIpc) is 2.96. The highest BCUT2D eigenvalue weighted by Gasteiger charge is 2.27. The molecule has 0 spiro atoms. The van der Waals surface area contributed by atoms with Crippen molar-refractivity contribution < 1.29 is 14.3 Å². The lowest BCUT2D eigenvalue weighted by Crippen LogP contribution is -2.49. The van der Waals surface area contributed by atoms with Gasteiger partial charge in [-0.25, -0.2) is 4.79 Å². The van der Waals surface area contributed by atoms with E-state index in [1.807, 2.05) is 0 Å². The number of piperazine rings is 1. The van der Waals surface area contributed by atoms with Gasteiger partial charge in [-0.2, -0.15) is 0 Å². The van der Waals surface area contributed by atoms with Crippen LogP contribution in [0.2, 0.25) is 5.02 Å². The third kappa shape index (κ3) is 16.8. The maximum absolute atomic E-state index is 12.8. The maximum atomic E-state index is 12.8. The molecule has 6 nitrogen and oxygen atoms in total. The molecule has 1 heterocycles. The van der Waals surface area contributed by atoms with Crippen molar-refractivity contribution in [3.8, 4) is 5.75 Å². The Morgan fingerprint density at radius 1 is 0.956 bits per heavy atom. The van der Waals surface area contributed by atoms with Crippen LogP contribution in [-0.4, -0.2) is 68.8 Å². The largest absolute Gasteiger partial charge is 0.496 e. The van der Waals surface area contributed by atoms with Crippen molar-refractivity contribution in [2.24, 2.45) is 23.2 Å². The second kappa shape index (κ2) is 21.4. The number of anilines is 1. The van der Waals surface area contributed by atoms with E-state index in [1.165, 1.54) is 76.5 Å². The summed E-state index contributed by atoms with van der Waals surface area (Å²) in [6.07, 6.45) is 14.7. The van der Waals surface area contributed by atoms with Gasteiger partial charge in [0, 0.05) is 50.7 Å². The highest BCUT2D eigenvalue weighted by atomic mass is 35.5. The lowest BCUT2D eigenvalue weighted by atomic mass is 9.91. The zero-order valence-electron chi connectivity index (χ0n) is 29.8. The average molecular weight is 671 g/mol. The van der Waals surface area contributed by atoms with Crippen molar-refractivity contribution in [1.29, 1.82) is 0 Å². The van der Waals surface area contributed by atoms with Crippen LogP contribution in [0.15, 0.2) is 23.8 Å². The first-order chi connectivity index (χ1) is 20.8. The molecule has 0 unspecified atom stereocenters. The van der Waals surface area contributed by atoms with Gasteiger partial charge in [0.2, 0.25) is 0 Å². The fourth-order valence-electron chi connectivity index (χ4n) is 6.11. The normalized spacial score (nSPS) is 16.4. The van der Waals surface area contributed by atoms with Gasteiger partial charge in [0.05, 0.1) is 24.4 Å². The van der Waals surface area contributed by atoms with E-state index in [0.717, 1.165) is 57.0 Å². The number of hydrogen-bond acceptors (Lipinski definition) is 6. The van der Waals surface area contributed by atoms with Crippen molar-refractivity contribution in [1.82, 2.24) is 9.80 Å². The first kappa shape index (κ1) is 41.6. The van der Waals surface area contributed by atoms with Gasteiger partial charge in [-0.15, -0.1) is 12.4 Å². The van der Waals surface area contributed by atoms with Crippen LogP contribution >= 0.6 is 24.0 Å². The van der Waals surface area contributed by atoms with Crippen molar-refractivity contribution in [3.05, 3.63) is 34.4 Å². The summed E-state index contributed by atoms with van der Waals surface area (Å²) >= 11 is 6.13. The van der Waals surface area contributed by atoms with E-state index in [-0.39, 0.29) is 17.8 Å². The third-order valence-electron chi connectivity index (χ3n) is 9.09. The lowest BCUT2D eigenvalue weighted by molar-refractivity contribution is 0.0214. The summed E-state index contributed by atoms with van der Waals surface area (Å²) in [5.74, 6) is 2.49. The smallest absolute Gasteiger partial charge is 0.341 e. The van der Waals surface area contributed by atoms with Crippen molar-refractivity contribution >= 4 is 35.7 Å². The molecule has 1 fully saturated rings. The summed E-state index contributed by atoms with van der Waals surface area (Å²) in [5, 5.41) is 0.313. The van der Waals surface area contributed by atoms with E-state index < -0.39 is 5.97 Å². The van der Waals surface area contributed by atoms with E-state index in [2.05, 4.69) is 64.3 Å². The number of nitrogens with zero attached hydrogens (tertiary/aromatic N) is 2. The SMILES string of the molecule is COc1cc(N)c(Cl)cc1C(=O)OCC(C)(C)CN1CCN(C/C=C(\C)CCC[C@H](C)CCC[C@H](C)CCCC(C)C)CC1.Cl. The molecule has 1 aromatic rings. The molecule has 8 heteroatoms. The zero-order valence-corrected chi connectivity index (χ0v) is 31.3. The number of hydrogen-bond donors (Lipinski definition) is 1. The van der Waals surface area contributed by atoms with Gasteiger partial charge < -0.3 is 20.1 Å². The standard InChI is InChI=1S/C37H64ClN3O3.ClH/c1-28(2)12-9-13-29(3)14-10-15-30(4)16-11-17-31(5)18-19-40-20-22-41(23-21-40)26-37(6,7)27-44-36(42)32-24-33(38)34(39)25-35(32)43-8;/h18,24-25,28-30H,9-17,19-23,26-27,39H2,1-8H3;1H/b31-18+;/t29-,30-;/m1./s1. The van der Waals surface area contributed by atoms with Crippen LogP contribution in [0.1, 0.15) is 117 Å². The Morgan fingerprint density at radius 3 is 2.09 bits per heavy atom. The van der Waals surface area contributed by atoms with E-state index in [9.17, 15) is 4.79 Å². The molecule has 0 radical (unpaired) electrons. The van der Waals surface area contributed by atoms with Gasteiger partial charge in [0.15, 0.2) is 0 Å². The summed E-state index contributed by atoms with van der Waals surface area (Å²) in [7, 11) is 1.50. The minimum absolute atomic E-state index is 0. The molecule has 260 valence electrons. The van der Waals surface area contributed by atoms with Crippen LogP contribution in [-0.2, 0) is 4.74 Å². The van der Waals surface area contributed by atoms with E-state index in [0.29, 0.717) is 28.6 Å². The van der Waals surface area contributed by atoms with E-state index in [1.54, 1.807) is 6.07 Å². The molecule has 0 aliphatic carbocycles. The number of methoxy groups -OCH3 is 1. The number of ether oxygens (including phenoxy) is 2. The van der Waals surface area contributed by atoms with Gasteiger partial charge in [0.25, 0.3) is 0 Å². The van der Waals surface area contributed by atoms with E-state index in [4.69, 9.17) is 26.8 Å². The Labute approximate surface area is 287 Å². The lowest BCUT2D eigenvalue weighted by Gasteiger charge is -2.38. The number of halogens is 2. The summed E-state index contributed by atoms with van der Waals surface area (Å²) in [6, 6.07) is 3.07. The molecule has 1 aliphatic heterocycles. The highest BCUT2D eigenvalue weighted by Crippen LogP contribution is 2.30. The molecule has 0 bridgehead atoms. The Balaban J connectivity index is 0.0000101. The second-order valence-corrected chi connectivity index (χ2v) is 15.2. The quantitative estimate of drug-likeness (QED) is 0.0847. The molecule has 2 rings (SSSR count). The number of allylic oxidation sites excluding steroid dienone is 1. The summed E-state index contributed by atoms with van der Waals surface area (Å²) in [4.78, 5) is 17.8. The topological polar surface area (TPSA) is 68.0 Å². The number of rotatable bonds is 20. The summed E-state index contributed by atoms with van der Waals surface area (Å²) in [6.45, 7) is 22.5. The predicted octanol–water partition coefficient (Wildman–Crippen LogP) is 9.54. The minimum atomic E-state index is -0.448. The Morgan fingerprint density at radius 2 is 1.51 bits per heavy atom. The van der Waals surface area contributed by atoms with Gasteiger partial charge >= 0.3 is 5.97 Å². The number of carbonyl (C=O) groups excluding carboxylic acids is 1. The molecule has 1 saturated heterocycles. The molecule has 0 aromatic heterocycles. The minimum Gasteiger partial charge on any atom is -0.496 e. The van der Waals surface area contributed by atoms with Crippen LogP contribution in [0.4, 0.5) is 5.69 Å². The molecule has 0 amide bonds. The highest BCUT2D eigenvalue weighted by molar-refractivity contribution is 6.33. The first-order valence-corrected chi connectivity index (χ1v) is 17.6. The molecule has 0 saturated carbocycles. The van der Waals surface area contributed by atoms with Crippen molar-refractivity contribution in [3.63, 3.8) is 0 Å². The van der Waals surface area contributed by atoms with Crippen LogP contribution < -0.4 is 10.5 Å². The van der Waals surface area contributed by atoms with Gasteiger partial charge in [0.1, 0.15) is 11.3 Å². The fraction of sp³-hybridized carbons (Fsp3) is 0.757. The molecular formula is C37H65Cl2N3O3. The van der Waals surface area contributed by atoms with Crippen molar-refractivity contribution in [2.75, 3.05) is 58.7 Å². The van der Waals surface area contributed by atoms with Crippen LogP contribution in [0.3, 0.4) is 0 Å². The number of carbonyl (C=O) groups is 1. The van der Waals surface area contributed by atoms with Gasteiger partial charge in [-0.3, -0.25) is 4.90 Å². The number of nitrogens with two attached hydrogens (primary N) is 1.